The van der Waals surface area contributed by atoms with Crippen LogP contribution in [0.15, 0.2) is 70.1 Å². The van der Waals surface area contributed by atoms with Crippen molar-refractivity contribution in [2.24, 2.45) is 0 Å². The number of allylic oxidation sites excluding steroid dienone is 2. The number of amides is 1. The molecule has 7 heteroatoms. The number of hydrogen-bond donors (Lipinski definition) is 2. The lowest BCUT2D eigenvalue weighted by molar-refractivity contribution is -0.116. The van der Waals surface area contributed by atoms with Crippen LogP contribution in [0.3, 0.4) is 0 Å². The molecule has 0 fully saturated rings. The van der Waals surface area contributed by atoms with Crippen LogP contribution in [0, 0.1) is 11.3 Å². The molecule has 0 atom stereocenters. The van der Waals surface area contributed by atoms with Crippen molar-refractivity contribution in [3.05, 3.63) is 92.5 Å². The van der Waals surface area contributed by atoms with Crippen LogP contribution in [-0.4, -0.2) is 12.5 Å². The third-order valence-corrected chi connectivity index (χ3v) is 13.1. The molecule has 0 saturated heterocycles. The quantitative estimate of drug-likeness (QED) is 0.0768. The highest BCUT2D eigenvalue weighted by Gasteiger charge is 2.28. The highest BCUT2D eigenvalue weighted by molar-refractivity contribution is 8.03. The number of nitrogens with one attached hydrogen (secondary N) is 2. The van der Waals surface area contributed by atoms with Gasteiger partial charge in [0.2, 0.25) is 5.91 Å². The number of nitriles is 1. The standard InChI is InChI=1S/C46H64ClN3O2S/c1-14-43(6,7)32-20-24-39(35(27-32)45(10,11)16-3)52-26-18-19-42(51)50-34-22-23-37(47)38(29-34)49-31(5)41(30-48)53-40-25-21-33(44(8,9)15-2)28-36(40)46(12,13)17-4/h20-25,27-29,49H,14-19,26H2,1-13H3,(H,50,51)/b41-31-. The summed E-state index contributed by atoms with van der Waals surface area (Å²) >= 11 is 8.10. The maximum Gasteiger partial charge on any atom is 0.224 e. The van der Waals surface area contributed by atoms with Crippen LogP contribution >= 0.6 is 23.4 Å². The Bertz CT molecular complexity index is 1820. The number of thioether (sulfide) groups is 1. The monoisotopic (exact) mass is 757 g/mol. The van der Waals surface area contributed by atoms with E-state index in [1.165, 1.54) is 34.0 Å². The molecule has 0 unspecified atom stereocenters. The molecular formula is C46H64ClN3O2S. The van der Waals surface area contributed by atoms with Gasteiger partial charge in [0.15, 0.2) is 0 Å². The highest BCUT2D eigenvalue weighted by atomic mass is 35.5. The van der Waals surface area contributed by atoms with E-state index in [0.29, 0.717) is 46.4 Å². The molecule has 0 spiro atoms. The molecule has 0 aliphatic rings. The number of carbonyl (C=O) groups is 1. The second-order valence-corrected chi connectivity index (χ2v) is 18.3. The van der Waals surface area contributed by atoms with Gasteiger partial charge in [0, 0.05) is 28.3 Å². The van der Waals surface area contributed by atoms with Crippen molar-refractivity contribution in [2.45, 2.75) is 155 Å². The first-order valence-corrected chi connectivity index (χ1v) is 20.5. The zero-order chi connectivity index (χ0) is 39.8. The normalized spacial score (nSPS) is 12.9. The molecule has 3 aromatic rings. The Kier molecular flexibility index (Phi) is 15.2. The van der Waals surface area contributed by atoms with E-state index in [1.807, 2.05) is 13.0 Å². The number of hydrogen-bond acceptors (Lipinski definition) is 5. The summed E-state index contributed by atoms with van der Waals surface area (Å²) in [6.07, 6.45) is 4.97. The zero-order valence-corrected chi connectivity index (χ0v) is 36.3. The molecule has 0 aromatic heterocycles. The minimum atomic E-state index is -0.0997. The molecule has 0 aliphatic carbocycles. The lowest BCUT2D eigenvalue weighted by Gasteiger charge is -2.30. The van der Waals surface area contributed by atoms with E-state index in [-0.39, 0.29) is 27.6 Å². The number of nitrogens with zero attached hydrogens (tertiary/aromatic N) is 1. The molecule has 0 heterocycles. The van der Waals surface area contributed by atoms with Crippen LogP contribution in [-0.2, 0) is 26.5 Å². The fraction of sp³-hybridized carbons (Fsp3) is 0.522. The van der Waals surface area contributed by atoms with Gasteiger partial charge in [0.25, 0.3) is 0 Å². The third-order valence-electron chi connectivity index (χ3n) is 11.5. The first-order valence-electron chi connectivity index (χ1n) is 19.3. The van der Waals surface area contributed by atoms with Crippen molar-refractivity contribution in [1.82, 2.24) is 0 Å². The second kappa shape index (κ2) is 18.3. The molecule has 1 amide bonds. The first kappa shape index (κ1) is 44.0. The molecule has 5 nitrogen and oxygen atoms in total. The number of anilines is 2. The Morgan fingerprint density at radius 1 is 0.755 bits per heavy atom. The summed E-state index contributed by atoms with van der Waals surface area (Å²) in [5.74, 6) is 0.791. The Morgan fingerprint density at radius 3 is 1.87 bits per heavy atom. The summed E-state index contributed by atoms with van der Waals surface area (Å²) in [7, 11) is 0. The van der Waals surface area contributed by atoms with Gasteiger partial charge in [-0.15, -0.1) is 0 Å². The first-order chi connectivity index (χ1) is 24.7. The minimum Gasteiger partial charge on any atom is -0.493 e. The number of ether oxygens (including phenoxy) is 1. The smallest absolute Gasteiger partial charge is 0.224 e. The lowest BCUT2D eigenvalue weighted by Crippen LogP contribution is -2.21. The predicted molar refractivity (Wildman–Crippen MR) is 229 cm³/mol. The highest BCUT2D eigenvalue weighted by Crippen LogP contribution is 2.42. The topological polar surface area (TPSA) is 74.2 Å². The molecule has 3 aromatic carbocycles. The minimum absolute atomic E-state index is 0.0284. The summed E-state index contributed by atoms with van der Waals surface area (Å²) < 4.78 is 6.30. The van der Waals surface area contributed by atoms with Crippen LogP contribution in [0.2, 0.25) is 5.02 Å². The van der Waals surface area contributed by atoms with Gasteiger partial charge in [0.1, 0.15) is 16.7 Å². The molecule has 53 heavy (non-hydrogen) atoms. The molecule has 0 saturated carbocycles. The van der Waals surface area contributed by atoms with E-state index in [2.05, 4.69) is 136 Å². The van der Waals surface area contributed by atoms with Crippen LogP contribution in [0.1, 0.15) is 151 Å². The molecule has 3 rings (SSSR count). The summed E-state index contributed by atoms with van der Waals surface area (Å²) in [6.45, 7) is 29.3. The predicted octanol–water partition coefficient (Wildman–Crippen LogP) is 13.8. The SMILES string of the molecule is CCC(C)(C)c1ccc(OCCCC(=O)Nc2ccc(Cl)c(N/C(C)=C(/C#N)Sc3ccc(C(C)(C)CC)cc3C(C)(C)CC)c2)c(C(C)(C)CC)c1. The number of halogens is 1. The van der Waals surface area contributed by atoms with Gasteiger partial charge < -0.3 is 15.4 Å². The Balaban J connectivity index is 1.72. The van der Waals surface area contributed by atoms with Crippen LogP contribution in [0.25, 0.3) is 0 Å². The van der Waals surface area contributed by atoms with Gasteiger partial charge in [-0.25, -0.2) is 0 Å². The van der Waals surface area contributed by atoms with Gasteiger partial charge in [-0.1, -0.05) is 131 Å². The fourth-order valence-corrected chi connectivity index (χ4v) is 7.07. The third kappa shape index (κ3) is 11.3. The molecule has 0 aliphatic heterocycles. The van der Waals surface area contributed by atoms with E-state index in [4.69, 9.17) is 16.3 Å². The molecule has 0 bridgehead atoms. The summed E-state index contributed by atoms with van der Waals surface area (Å²) in [5.41, 5.74) is 7.09. The average Bonchev–Trinajstić information content (AvgIpc) is 3.13. The Morgan fingerprint density at radius 2 is 1.30 bits per heavy atom. The summed E-state index contributed by atoms with van der Waals surface area (Å²) in [6, 6.07) is 21.1. The Hall–Kier alpha value is -3.40. The molecule has 288 valence electrons. The van der Waals surface area contributed by atoms with E-state index in [9.17, 15) is 10.1 Å². The average molecular weight is 759 g/mol. The van der Waals surface area contributed by atoms with Crippen LogP contribution < -0.4 is 15.4 Å². The van der Waals surface area contributed by atoms with Crippen LogP contribution in [0.4, 0.5) is 11.4 Å². The molecule has 0 radical (unpaired) electrons. The summed E-state index contributed by atoms with van der Waals surface area (Å²) in [5, 5.41) is 17.1. The van der Waals surface area contributed by atoms with Crippen molar-refractivity contribution in [1.29, 1.82) is 5.26 Å². The maximum atomic E-state index is 13.0. The van der Waals surface area contributed by atoms with E-state index < -0.39 is 0 Å². The van der Waals surface area contributed by atoms with E-state index >= 15 is 0 Å². The lowest BCUT2D eigenvalue weighted by atomic mass is 9.76. The van der Waals surface area contributed by atoms with Gasteiger partial charge in [-0.3, -0.25) is 4.79 Å². The van der Waals surface area contributed by atoms with Crippen molar-refractivity contribution in [3.63, 3.8) is 0 Å². The van der Waals surface area contributed by atoms with Crippen molar-refractivity contribution in [2.75, 3.05) is 17.2 Å². The number of carbonyl (C=O) groups excluding carboxylic acids is 1. The summed E-state index contributed by atoms with van der Waals surface area (Å²) in [4.78, 5) is 14.7. The second-order valence-electron chi connectivity index (χ2n) is 16.9. The van der Waals surface area contributed by atoms with Crippen molar-refractivity contribution >= 4 is 40.6 Å². The number of benzene rings is 3. The van der Waals surface area contributed by atoms with Crippen molar-refractivity contribution in [3.8, 4) is 11.8 Å². The van der Waals surface area contributed by atoms with Crippen LogP contribution in [0.5, 0.6) is 5.75 Å². The molecular weight excluding hydrogens is 694 g/mol. The fourth-order valence-electron chi connectivity index (χ4n) is 5.85. The van der Waals surface area contributed by atoms with Gasteiger partial charge >= 0.3 is 0 Å². The van der Waals surface area contributed by atoms with Gasteiger partial charge in [-0.05, 0) is 108 Å². The maximum absolute atomic E-state index is 13.0. The van der Waals surface area contributed by atoms with Crippen molar-refractivity contribution < 1.29 is 9.53 Å². The Labute approximate surface area is 330 Å². The zero-order valence-electron chi connectivity index (χ0n) is 34.7. The largest absolute Gasteiger partial charge is 0.493 e. The molecule has 2 N–H and O–H groups in total. The van der Waals surface area contributed by atoms with Gasteiger partial charge in [0.05, 0.1) is 17.3 Å². The number of rotatable bonds is 18. The van der Waals surface area contributed by atoms with Gasteiger partial charge in [-0.2, -0.15) is 5.26 Å². The van der Waals surface area contributed by atoms with E-state index in [0.717, 1.165) is 36.3 Å². The van der Waals surface area contributed by atoms with E-state index in [1.54, 1.807) is 12.1 Å².